The summed E-state index contributed by atoms with van der Waals surface area (Å²) in [6.07, 6.45) is 1.74. The number of nitrogens with zero attached hydrogens (tertiary/aromatic N) is 4. The van der Waals surface area contributed by atoms with Gasteiger partial charge >= 0.3 is 0 Å². The first-order valence-electron chi connectivity index (χ1n) is 8.33. The van der Waals surface area contributed by atoms with Crippen molar-refractivity contribution in [2.75, 3.05) is 31.1 Å². The Morgan fingerprint density at radius 1 is 1.08 bits per heavy atom. The Labute approximate surface area is 145 Å². The van der Waals surface area contributed by atoms with Gasteiger partial charge in [0.15, 0.2) is 0 Å². The maximum absolute atomic E-state index is 13.9. The van der Waals surface area contributed by atoms with Gasteiger partial charge in [0.05, 0.1) is 23.0 Å². The van der Waals surface area contributed by atoms with Gasteiger partial charge in [-0.15, -0.1) is 0 Å². The number of carbonyl (C=O) groups is 1. The lowest BCUT2D eigenvalue weighted by Crippen LogP contribution is -2.49. The Kier molecular flexibility index (Phi) is 3.87. The van der Waals surface area contributed by atoms with Gasteiger partial charge in [-0.25, -0.2) is 9.37 Å². The van der Waals surface area contributed by atoms with Crippen LogP contribution in [0.3, 0.4) is 0 Å². The first-order valence-corrected chi connectivity index (χ1v) is 8.33. The Morgan fingerprint density at radius 3 is 2.60 bits per heavy atom. The highest BCUT2D eigenvalue weighted by Gasteiger charge is 2.23. The van der Waals surface area contributed by atoms with Crippen LogP contribution >= 0.6 is 0 Å². The molecule has 128 valence electrons. The second kappa shape index (κ2) is 6.20. The second-order valence-electron chi connectivity index (χ2n) is 6.29. The van der Waals surface area contributed by atoms with Gasteiger partial charge in [-0.2, -0.15) is 0 Å². The van der Waals surface area contributed by atoms with Gasteiger partial charge in [-0.3, -0.25) is 4.79 Å². The molecule has 0 aliphatic carbocycles. The van der Waals surface area contributed by atoms with Crippen LogP contribution < -0.4 is 4.90 Å². The maximum Gasteiger partial charge on any atom is 0.254 e. The number of imidazole rings is 1. The highest BCUT2D eigenvalue weighted by atomic mass is 19.1. The molecule has 2 aromatic carbocycles. The highest BCUT2D eigenvalue weighted by molar-refractivity contribution is 5.97. The van der Waals surface area contributed by atoms with Crippen LogP contribution in [0.4, 0.5) is 10.1 Å². The van der Waals surface area contributed by atoms with Crippen LogP contribution in [-0.2, 0) is 7.05 Å². The highest BCUT2D eigenvalue weighted by Crippen LogP contribution is 2.21. The van der Waals surface area contributed by atoms with Crippen LogP contribution in [0.1, 0.15) is 10.4 Å². The number of carbonyl (C=O) groups excluding carboxylic acids is 1. The lowest BCUT2D eigenvalue weighted by molar-refractivity contribution is 0.0747. The molecule has 3 aromatic rings. The molecule has 1 amide bonds. The van der Waals surface area contributed by atoms with Crippen molar-refractivity contribution in [3.8, 4) is 0 Å². The molecule has 1 aromatic heterocycles. The van der Waals surface area contributed by atoms with Crippen molar-refractivity contribution in [1.82, 2.24) is 14.5 Å². The molecule has 1 aliphatic heterocycles. The van der Waals surface area contributed by atoms with Gasteiger partial charge in [-0.05, 0) is 30.3 Å². The largest absolute Gasteiger partial charge is 0.366 e. The van der Waals surface area contributed by atoms with E-state index in [1.54, 1.807) is 18.5 Å². The van der Waals surface area contributed by atoms with Crippen LogP contribution in [0, 0.1) is 5.82 Å². The van der Waals surface area contributed by atoms with Crippen molar-refractivity contribution in [2.24, 2.45) is 7.05 Å². The number of hydrogen-bond donors (Lipinski definition) is 0. The van der Waals surface area contributed by atoms with Crippen molar-refractivity contribution < 1.29 is 9.18 Å². The van der Waals surface area contributed by atoms with Gasteiger partial charge in [0, 0.05) is 38.8 Å². The smallest absolute Gasteiger partial charge is 0.254 e. The molecule has 0 radical (unpaired) electrons. The van der Waals surface area contributed by atoms with E-state index >= 15 is 0 Å². The Morgan fingerprint density at radius 2 is 1.84 bits per heavy atom. The van der Waals surface area contributed by atoms with Crippen LogP contribution in [0.2, 0.25) is 0 Å². The van der Waals surface area contributed by atoms with Crippen molar-refractivity contribution in [2.45, 2.75) is 0 Å². The zero-order valence-electron chi connectivity index (χ0n) is 14.0. The molecule has 1 fully saturated rings. The molecule has 0 atom stereocenters. The number of piperazine rings is 1. The van der Waals surface area contributed by atoms with Gasteiger partial charge < -0.3 is 14.4 Å². The topological polar surface area (TPSA) is 41.4 Å². The molecule has 0 bridgehead atoms. The molecule has 4 rings (SSSR count). The fourth-order valence-electron chi connectivity index (χ4n) is 3.31. The van der Waals surface area contributed by atoms with Crippen LogP contribution in [0.15, 0.2) is 48.8 Å². The summed E-state index contributed by atoms with van der Waals surface area (Å²) >= 11 is 0. The van der Waals surface area contributed by atoms with E-state index in [0.717, 1.165) is 11.0 Å². The molecule has 0 spiro atoms. The monoisotopic (exact) mass is 338 g/mol. The number of benzene rings is 2. The quantitative estimate of drug-likeness (QED) is 0.721. The van der Waals surface area contributed by atoms with Gasteiger partial charge in [0.1, 0.15) is 5.82 Å². The van der Waals surface area contributed by atoms with E-state index in [-0.39, 0.29) is 11.7 Å². The second-order valence-corrected chi connectivity index (χ2v) is 6.29. The Bertz CT molecular complexity index is 928. The first-order chi connectivity index (χ1) is 12.1. The van der Waals surface area contributed by atoms with E-state index < -0.39 is 0 Å². The summed E-state index contributed by atoms with van der Waals surface area (Å²) in [7, 11) is 1.93. The molecule has 2 heterocycles. The average molecular weight is 338 g/mol. The lowest BCUT2D eigenvalue weighted by atomic mass is 10.1. The van der Waals surface area contributed by atoms with Gasteiger partial charge in [0.2, 0.25) is 0 Å². The van der Waals surface area contributed by atoms with E-state index in [9.17, 15) is 9.18 Å². The molecule has 0 saturated carbocycles. The van der Waals surface area contributed by atoms with Crippen LogP contribution in [0.25, 0.3) is 11.0 Å². The summed E-state index contributed by atoms with van der Waals surface area (Å²) in [5.41, 5.74) is 3.06. The summed E-state index contributed by atoms with van der Waals surface area (Å²) in [5, 5.41) is 0. The summed E-state index contributed by atoms with van der Waals surface area (Å²) in [4.78, 5) is 20.9. The number of rotatable bonds is 2. The number of aryl methyl sites for hydroxylation is 1. The summed E-state index contributed by atoms with van der Waals surface area (Å²) in [6, 6.07) is 12.4. The molecule has 6 heteroatoms. The summed E-state index contributed by atoms with van der Waals surface area (Å²) in [5.74, 6) is -0.219. The van der Waals surface area contributed by atoms with Crippen molar-refractivity contribution in [3.05, 3.63) is 60.2 Å². The number of hydrogen-bond acceptors (Lipinski definition) is 3. The third-order valence-corrected chi connectivity index (χ3v) is 4.73. The predicted octanol–water partition coefficient (Wildman–Crippen LogP) is 2.67. The van der Waals surface area contributed by atoms with Crippen molar-refractivity contribution >= 4 is 22.6 Å². The minimum atomic E-state index is -0.220. The van der Waals surface area contributed by atoms with E-state index in [1.165, 1.54) is 6.07 Å². The van der Waals surface area contributed by atoms with E-state index in [2.05, 4.69) is 4.98 Å². The number of amides is 1. The maximum atomic E-state index is 13.9. The average Bonchev–Trinajstić information content (AvgIpc) is 3.02. The van der Waals surface area contributed by atoms with E-state index in [1.807, 2.05) is 45.7 Å². The molecular weight excluding hydrogens is 319 g/mol. The van der Waals surface area contributed by atoms with Crippen LogP contribution in [0.5, 0.6) is 0 Å². The minimum Gasteiger partial charge on any atom is -0.366 e. The molecule has 1 aliphatic rings. The van der Waals surface area contributed by atoms with Crippen molar-refractivity contribution in [3.63, 3.8) is 0 Å². The number of anilines is 1. The van der Waals surface area contributed by atoms with Crippen LogP contribution in [-0.4, -0.2) is 46.5 Å². The van der Waals surface area contributed by atoms with Gasteiger partial charge in [-0.1, -0.05) is 12.1 Å². The zero-order chi connectivity index (χ0) is 17.4. The molecule has 25 heavy (non-hydrogen) atoms. The summed E-state index contributed by atoms with van der Waals surface area (Å²) < 4.78 is 15.8. The number of para-hydroxylation sites is 1. The molecule has 1 saturated heterocycles. The minimum absolute atomic E-state index is 0.000682. The predicted molar refractivity (Wildman–Crippen MR) is 95.2 cm³/mol. The number of fused-ring (bicyclic) bond motifs is 1. The number of halogens is 1. The zero-order valence-corrected chi connectivity index (χ0v) is 14.0. The summed E-state index contributed by atoms with van der Waals surface area (Å²) in [6.45, 7) is 2.40. The fourth-order valence-corrected chi connectivity index (χ4v) is 3.31. The normalized spacial score (nSPS) is 15.0. The molecule has 5 nitrogen and oxygen atoms in total. The van der Waals surface area contributed by atoms with Gasteiger partial charge in [0.25, 0.3) is 5.91 Å². The Balaban J connectivity index is 1.48. The van der Waals surface area contributed by atoms with Crippen molar-refractivity contribution in [1.29, 1.82) is 0 Å². The third kappa shape index (κ3) is 2.84. The van der Waals surface area contributed by atoms with E-state index in [0.29, 0.717) is 37.4 Å². The SMILES string of the molecule is Cn1cnc2cc(C(=O)N3CCN(c4ccccc4F)CC3)ccc21. The third-order valence-electron chi connectivity index (χ3n) is 4.73. The fraction of sp³-hybridized carbons (Fsp3) is 0.263. The standard InChI is InChI=1S/C19H19FN4O/c1-22-13-21-16-12-14(6-7-18(16)22)19(25)24-10-8-23(9-11-24)17-5-3-2-4-15(17)20/h2-7,12-13H,8-11H2,1H3. The molecular formula is C19H19FN4O. The first kappa shape index (κ1) is 15.6. The Hall–Kier alpha value is -2.89. The van der Waals surface area contributed by atoms with E-state index in [4.69, 9.17) is 0 Å². The number of aromatic nitrogens is 2. The molecule has 0 N–H and O–H groups in total. The molecule has 0 unspecified atom stereocenters. The lowest BCUT2D eigenvalue weighted by Gasteiger charge is -2.36.